The Labute approximate surface area is 182 Å². The van der Waals surface area contributed by atoms with Crippen LogP contribution in [0.2, 0.25) is 0 Å². The highest BCUT2D eigenvalue weighted by Crippen LogP contribution is 2.31. The van der Waals surface area contributed by atoms with Gasteiger partial charge in [-0.15, -0.1) is 16.4 Å². The van der Waals surface area contributed by atoms with E-state index in [2.05, 4.69) is 20.2 Å². The van der Waals surface area contributed by atoms with Crippen LogP contribution in [-0.4, -0.2) is 33.2 Å². The molecule has 1 N–H and O–H groups in total. The Morgan fingerprint density at radius 2 is 1.90 bits per heavy atom. The number of nitrogens with zero attached hydrogens (tertiary/aromatic N) is 4. The molecule has 30 heavy (non-hydrogen) atoms. The van der Waals surface area contributed by atoms with Crippen molar-refractivity contribution in [1.29, 1.82) is 0 Å². The van der Waals surface area contributed by atoms with Gasteiger partial charge in [0, 0.05) is 23.6 Å². The van der Waals surface area contributed by atoms with E-state index < -0.39 is 0 Å². The molecule has 2 heterocycles. The number of H-pyrrole nitrogens is 1. The van der Waals surface area contributed by atoms with Gasteiger partial charge in [0.2, 0.25) is 11.1 Å². The zero-order chi connectivity index (χ0) is 20.9. The molecular formula is C21H19N5O2S2. The number of aromatic amines is 1. The van der Waals surface area contributed by atoms with E-state index in [1.165, 1.54) is 30.0 Å². The average Bonchev–Trinajstić information content (AvgIpc) is 3.43. The van der Waals surface area contributed by atoms with Crippen molar-refractivity contribution in [2.24, 2.45) is 0 Å². The number of hydrogen-bond acceptors (Lipinski definition) is 7. The highest BCUT2D eigenvalue weighted by atomic mass is 32.2. The first-order valence-corrected chi connectivity index (χ1v) is 11.0. The Morgan fingerprint density at radius 1 is 1.13 bits per heavy atom. The fraction of sp³-hybridized carbons (Fsp3) is 0.143. The molecule has 0 bridgehead atoms. The molecule has 0 aliphatic rings. The van der Waals surface area contributed by atoms with Crippen molar-refractivity contribution in [1.82, 2.24) is 20.2 Å². The van der Waals surface area contributed by atoms with Crippen molar-refractivity contribution in [3.63, 3.8) is 0 Å². The van der Waals surface area contributed by atoms with Crippen molar-refractivity contribution in [2.75, 3.05) is 12.0 Å². The molecule has 0 saturated heterocycles. The number of methoxy groups -OCH3 is 1. The van der Waals surface area contributed by atoms with Gasteiger partial charge in [0.25, 0.3) is 0 Å². The third-order valence-electron chi connectivity index (χ3n) is 4.24. The van der Waals surface area contributed by atoms with Crippen molar-refractivity contribution < 1.29 is 9.53 Å². The number of carbonyl (C=O) groups is 1. The third-order valence-corrected chi connectivity index (χ3v) is 5.99. The first-order chi connectivity index (χ1) is 14.6. The molecule has 0 atom stereocenters. The number of para-hydroxylation sites is 1. The maximum absolute atomic E-state index is 12.2. The second-order valence-electron chi connectivity index (χ2n) is 6.30. The van der Waals surface area contributed by atoms with Crippen LogP contribution in [0.15, 0.2) is 65.1 Å². The van der Waals surface area contributed by atoms with E-state index in [-0.39, 0.29) is 5.91 Å². The minimum absolute atomic E-state index is 0.0761. The number of thioether (sulfide) groups is 1. The van der Waals surface area contributed by atoms with E-state index in [1.807, 2.05) is 60.0 Å². The summed E-state index contributed by atoms with van der Waals surface area (Å²) in [5.41, 5.74) is 2.61. The second kappa shape index (κ2) is 9.10. The lowest BCUT2D eigenvalue weighted by Gasteiger charge is -2.17. The van der Waals surface area contributed by atoms with E-state index >= 15 is 0 Å². The van der Waals surface area contributed by atoms with Gasteiger partial charge in [0.1, 0.15) is 5.75 Å². The van der Waals surface area contributed by atoms with Gasteiger partial charge in [0.15, 0.2) is 11.0 Å². The first kappa shape index (κ1) is 20.1. The Morgan fingerprint density at radius 3 is 2.60 bits per heavy atom. The number of thiazole rings is 1. The van der Waals surface area contributed by atoms with Gasteiger partial charge in [0.05, 0.1) is 18.5 Å². The van der Waals surface area contributed by atoms with Gasteiger partial charge in [-0.25, -0.2) is 9.97 Å². The van der Waals surface area contributed by atoms with Crippen molar-refractivity contribution in [3.8, 4) is 17.1 Å². The minimum atomic E-state index is -0.0761. The monoisotopic (exact) mass is 437 g/mol. The summed E-state index contributed by atoms with van der Waals surface area (Å²) in [6, 6.07) is 17.1. The van der Waals surface area contributed by atoms with Crippen LogP contribution in [0.3, 0.4) is 0 Å². The van der Waals surface area contributed by atoms with Gasteiger partial charge < -0.3 is 4.74 Å². The van der Waals surface area contributed by atoms with Crippen LogP contribution in [0.4, 0.5) is 10.8 Å². The molecule has 0 aliphatic heterocycles. The zero-order valence-electron chi connectivity index (χ0n) is 16.4. The van der Waals surface area contributed by atoms with Crippen molar-refractivity contribution in [3.05, 3.63) is 65.7 Å². The van der Waals surface area contributed by atoms with E-state index in [0.717, 1.165) is 22.7 Å². The van der Waals surface area contributed by atoms with Crippen LogP contribution >= 0.6 is 23.1 Å². The molecule has 4 aromatic rings. The van der Waals surface area contributed by atoms with E-state index in [0.29, 0.717) is 21.9 Å². The summed E-state index contributed by atoms with van der Waals surface area (Å²) >= 11 is 2.93. The number of benzene rings is 2. The number of rotatable bonds is 7. The summed E-state index contributed by atoms with van der Waals surface area (Å²) in [5, 5.41) is 10.5. The van der Waals surface area contributed by atoms with Crippen LogP contribution in [-0.2, 0) is 10.5 Å². The van der Waals surface area contributed by atoms with Crippen LogP contribution in [0, 0.1) is 0 Å². The molecular weight excluding hydrogens is 418 g/mol. The quantitative estimate of drug-likeness (QED) is 0.414. The maximum Gasteiger partial charge on any atom is 0.230 e. The number of hydrogen-bond donors (Lipinski definition) is 1. The van der Waals surface area contributed by atoms with Crippen LogP contribution in [0.25, 0.3) is 11.4 Å². The highest BCUT2D eigenvalue weighted by Gasteiger charge is 2.18. The Kier molecular flexibility index (Phi) is 6.10. The SMILES string of the molecule is COc1ccc(-c2nc(SCc3csc(N(C(C)=O)c4ccccc4)n3)n[nH]2)cc1. The van der Waals surface area contributed by atoms with Gasteiger partial charge >= 0.3 is 0 Å². The molecule has 9 heteroatoms. The molecule has 0 spiro atoms. The molecule has 0 saturated carbocycles. The molecule has 152 valence electrons. The lowest BCUT2D eigenvalue weighted by atomic mass is 10.2. The fourth-order valence-corrected chi connectivity index (χ4v) is 4.48. The van der Waals surface area contributed by atoms with Crippen LogP contribution < -0.4 is 9.64 Å². The van der Waals surface area contributed by atoms with Crippen molar-refractivity contribution in [2.45, 2.75) is 17.8 Å². The summed E-state index contributed by atoms with van der Waals surface area (Å²) in [6.07, 6.45) is 0. The second-order valence-corrected chi connectivity index (χ2v) is 8.07. The summed E-state index contributed by atoms with van der Waals surface area (Å²) in [4.78, 5) is 23.0. The molecule has 0 radical (unpaired) electrons. The average molecular weight is 438 g/mol. The predicted molar refractivity (Wildman–Crippen MR) is 119 cm³/mol. The third kappa shape index (κ3) is 4.52. The molecule has 0 unspecified atom stereocenters. The summed E-state index contributed by atoms with van der Waals surface area (Å²) in [6.45, 7) is 1.54. The Bertz CT molecular complexity index is 1130. The number of carbonyl (C=O) groups excluding carboxylic acids is 1. The molecule has 7 nitrogen and oxygen atoms in total. The van der Waals surface area contributed by atoms with E-state index in [9.17, 15) is 4.79 Å². The molecule has 0 fully saturated rings. The Hall–Kier alpha value is -3.17. The van der Waals surface area contributed by atoms with Gasteiger partial charge in [-0.1, -0.05) is 30.0 Å². The lowest BCUT2D eigenvalue weighted by Crippen LogP contribution is -2.22. The molecule has 2 aromatic heterocycles. The van der Waals surface area contributed by atoms with E-state index in [1.54, 1.807) is 12.0 Å². The van der Waals surface area contributed by atoms with Crippen molar-refractivity contribution >= 4 is 39.8 Å². The largest absolute Gasteiger partial charge is 0.497 e. The molecule has 4 rings (SSSR count). The first-order valence-electron chi connectivity index (χ1n) is 9.14. The smallest absolute Gasteiger partial charge is 0.230 e. The van der Waals surface area contributed by atoms with Gasteiger partial charge in [-0.3, -0.25) is 14.8 Å². The number of anilines is 2. The normalized spacial score (nSPS) is 10.7. The maximum atomic E-state index is 12.2. The standard InChI is InChI=1S/C21H19N5O2S2/c1-14(27)26(17-6-4-3-5-7-17)21-22-16(13-30-21)12-29-20-23-19(24-25-20)15-8-10-18(28-2)11-9-15/h3-11,13H,12H2,1-2H3,(H,23,24,25). The molecule has 1 amide bonds. The number of amides is 1. The zero-order valence-corrected chi connectivity index (χ0v) is 18.0. The van der Waals surface area contributed by atoms with Gasteiger partial charge in [-0.2, -0.15) is 0 Å². The predicted octanol–water partition coefficient (Wildman–Crippen LogP) is 4.91. The summed E-state index contributed by atoms with van der Waals surface area (Å²) < 4.78 is 5.18. The summed E-state index contributed by atoms with van der Waals surface area (Å²) in [7, 11) is 1.64. The lowest BCUT2D eigenvalue weighted by molar-refractivity contribution is -0.115. The topological polar surface area (TPSA) is 84.0 Å². The number of aromatic nitrogens is 4. The Balaban J connectivity index is 1.43. The summed E-state index contributed by atoms with van der Waals surface area (Å²) in [5.74, 6) is 2.03. The highest BCUT2D eigenvalue weighted by molar-refractivity contribution is 7.98. The number of nitrogens with one attached hydrogen (secondary N) is 1. The van der Waals surface area contributed by atoms with Gasteiger partial charge in [-0.05, 0) is 36.4 Å². The molecule has 2 aromatic carbocycles. The minimum Gasteiger partial charge on any atom is -0.497 e. The van der Waals surface area contributed by atoms with Crippen LogP contribution in [0.1, 0.15) is 12.6 Å². The van der Waals surface area contributed by atoms with Crippen LogP contribution in [0.5, 0.6) is 5.75 Å². The van der Waals surface area contributed by atoms with E-state index in [4.69, 9.17) is 4.74 Å². The number of ether oxygens (including phenoxy) is 1. The fourth-order valence-electron chi connectivity index (χ4n) is 2.80. The molecule has 0 aliphatic carbocycles.